The van der Waals surface area contributed by atoms with Crippen LogP contribution in [0.3, 0.4) is 0 Å². The first-order valence-electron chi connectivity index (χ1n) is 6.14. The zero-order chi connectivity index (χ0) is 13.1. The Kier molecular flexibility index (Phi) is 3.66. The summed E-state index contributed by atoms with van der Waals surface area (Å²) in [5.74, 6) is 1.13. The van der Waals surface area contributed by atoms with Crippen molar-refractivity contribution in [1.82, 2.24) is 0 Å². The molecule has 0 heterocycles. The largest absolute Gasteiger partial charge is 0.497 e. The molecule has 1 aromatic carbocycles. The zero-order valence-corrected chi connectivity index (χ0v) is 11.1. The summed E-state index contributed by atoms with van der Waals surface area (Å²) < 4.78 is 5.13. The van der Waals surface area contributed by atoms with E-state index in [1.165, 1.54) is 11.1 Å². The molecular weight excluding hydrogens is 224 g/mol. The molecule has 0 unspecified atom stereocenters. The first-order valence-corrected chi connectivity index (χ1v) is 6.14. The topological polar surface area (TPSA) is 26.3 Å². The zero-order valence-electron chi connectivity index (χ0n) is 11.1. The van der Waals surface area contributed by atoms with Gasteiger partial charge in [-0.3, -0.25) is 4.79 Å². The standard InChI is InChI=1S/C16H18O2/c1-11-7-13(8-12(11)2)9-16(17)14-5-4-6-15(10-14)18-3/h4-8,10,13H,9H2,1-3H3. The SMILES string of the molecule is COc1cccc(C(=O)CC2C=C(C)C(C)=C2)c1. The van der Waals surface area contributed by atoms with Gasteiger partial charge in [-0.05, 0) is 26.0 Å². The van der Waals surface area contributed by atoms with Gasteiger partial charge >= 0.3 is 0 Å². The molecule has 2 rings (SSSR count). The number of carbonyl (C=O) groups excluding carboxylic acids is 1. The molecule has 2 heteroatoms. The highest BCUT2D eigenvalue weighted by Gasteiger charge is 2.16. The highest BCUT2D eigenvalue weighted by molar-refractivity contribution is 5.96. The molecule has 1 aromatic rings. The lowest BCUT2D eigenvalue weighted by Crippen LogP contribution is -2.04. The van der Waals surface area contributed by atoms with Crippen LogP contribution in [0, 0.1) is 5.92 Å². The van der Waals surface area contributed by atoms with Crippen LogP contribution in [0.2, 0.25) is 0 Å². The van der Waals surface area contributed by atoms with Gasteiger partial charge in [0.2, 0.25) is 0 Å². The minimum absolute atomic E-state index is 0.161. The van der Waals surface area contributed by atoms with E-state index in [-0.39, 0.29) is 11.7 Å². The quantitative estimate of drug-likeness (QED) is 0.751. The molecule has 0 bridgehead atoms. The highest BCUT2D eigenvalue weighted by atomic mass is 16.5. The van der Waals surface area contributed by atoms with Crippen molar-refractivity contribution in [3.63, 3.8) is 0 Å². The third-order valence-electron chi connectivity index (χ3n) is 3.36. The van der Waals surface area contributed by atoms with E-state index in [0.29, 0.717) is 6.42 Å². The molecular formula is C16H18O2. The summed E-state index contributed by atoms with van der Waals surface area (Å²) >= 11 is 0. The monoisotopic (exact) mass is 242 g/mol. The second-order valence-electron chi connectivity index (χ2n) is 4.72. The normalized spacial score (nSPS) is 15.3. The molecule has 0 radical (unpaired) electrons. The Bertz CT molecular complexity index is 506. The van der Waals surface area contributed by atoms with Crippen LogP contribution in [-0.4, -0.2) is 12.9 Å². The maximum atomic E-state index is 12.2. The van der Waals surface area contributed by atoms with Crippen molar-refractivity contribution < 1.29 is 9.53 Å². The Morgan fingerprint density at radius 3 is 2.50 bits per heavy atom. The van der Waals surface area contributed by atoms with E-state index in [4.69, 9.17) is 4.74 Å². The van der Waals surface area contributed by atoms with Crippen LogP contribution in [0.4, 0.5) is 0 Å². The van der Waals surface area contributed by atoms with Crippen molar-refractivity contribution in [3.8, 4) is 5.75 Å². The van der Waals surface area contributed by atoms with Crippen LogP contribution in [0.5, 0.6) is 5.75 Å². The number of ether oxygens (including phenoxy) is 1. The van der Waals surface area contributed by atoms with Crippen LogP contribution in [0.15, 0.2) is 47.6 Å². The Balaban J connectivity index is 2.09. The van der Waals surface area contributed by atoms with Crippen molar-refractivity contribution in [2.45, 2.75) is 20.3 Å². The van der Waals surface area contributed by atoms with Gasteiger partial charge < -0.3 is 4.74 Å². The molecule has 1 aliphatic carbocycles. The molecule has 0 saturated heterocycles. The van der Waals surface area contributed by atoms with E-state index in [1.54, 1.807) is 13.2 Å². The third kappa shape index (κ3) is 2.70. The first-order chi connectivity index (χ1) is 8.60. The molecule has 0 N–H and O–H groups in total. The predicted molar refractivity (Wildman–Crippen MR) is 72.9 cm³/mol. The van der Waals surface area contributed by atoms with Crippen LogP contribution < -0.4 is 4.74 Å². The second-order valence-corrected chi connectivity index (χ2v) is 4.72. The molecule has 2 nitrogen and oxygen atoms in total. The summed E-state index contributed by atoms with van der Waals surface area (Å²) in [7, 11) is 1.61. The number of rotatable bonds is 4. The Morgan fingerprint density at radius 1 is 1.22 bits per heavy atom. The van der Waals surface area contributed by atoms with E-state index in [2.05, 4.69) is 26.0 Å². The van der Waals surface area contributed by atoms with E-state index in [1.807, 2.05) is 18.2 Å². The number of ketones is 1. The number of methoxy groups -OCH3 is 1. The molecule has 1 aliphatic rings. The van der Waals surface area contributed by atoms with Crippen LogP contribution in [0.1, 0.15) is 30.6 Å². The summed E-state index contributed by atoms with van der Waals surface area (Å²) in [6.07, 6.45) is 4.85. The average molecular weight is 242 g/mol. The van der Waals surface area contributed by atoms with Crippen molar-refractivity contribution in [3.05, 3.63) is 53.1 Å². The Hall–Kier alpha value is -1.83. The van der Waals surface area contributed by atoms with Gasteiger partial charge in [0.15, 0.2) is 5.78 Å². The number of benzene rings is 1. The summed E-state index contributed by atoms with van der Waals surface area (Å²) in [6, 6.07) is 7.33. The van der Waals surface area contributed by atoms with Gasteiger partial charge in [0.25, 0.3) is 0 Å². The number of carbonyl (C=O) groups is 1. The van der Waals surface area contributed by atoms with Crippen molar-refractivity contribution in [2.24, 2.45) is 5.92 Å². The molecule has 0 aliphatic heterocycles. The van der Waals surface area contributed by atoms with Gasteiger partial charge in [0.05, 0.1) is 7.11 Å². The van der Waals surface area contributed by atoms with Crippen molar-refractivity contribution in [2.75, 3.05) is 7.11 Å². The number of hydrogen-bond donors (Lipinski definition) is 0. The van der Waals surface area contributed by atoms with Crippen molar-refractivity contribution >= 4 is 5.78 Å². The predicted octanol–water partition coefficient (Wildman–Crippen LogP) is 3.79. The van der Waals surface area contributed by atoms with Crippen LogP contribution in [0.25, 0.3) is 0 Å². The number of hydrogen-bond acceptors (Lipinski definition) is 2. The first kappa shape index (κ1) is 12.6. The average Bonchev–Trinajstić information content (AvgIpc) is 2.68. The highest BCUT2D eigenvalue weighted by Crippen LogP contribution is 2.26. The fourth-order valence-corrected chi connectivity index (χ4v) is 2.20. The van der Waals surface area contributed by atoms with Crippen LogP contribution >= 0.6 is 0 Å². The summed E-state index contributed by atoms with van der Waals surface area (Å²) in [5.41, 5.74) is 3.27. The fraction of sp³-hybridized carbons (Fsp3) is 0.312. The molecule has 0 amide bonds. The lowest BCUT2D eigenvalue weighted by molar-refractivity contribution is 0.0975. The summed E-state index contributed by atoms with van der Waals surface area (Å²) in [5, 5.41) is 0. The molecule has 0 fully saturated rings. The maximum Gasteiger partial charge on any atom is 0.163 e. The van der Waals surface area contributed by atoms with Gasteiger partial charge in [0, 0.05) is 17.9 Å². The van der Waals surface area contributed by atoms with E-state index >= 15 is 0 Å². The molecule has 18 heavy (non-hydrogen) atoms. The molecule has 0 atom stereocenters. The lowest BCUT2D eigenvalue weighted by atomic mass is 9.99. The summed E-state index contributed by atoms with van der Waals surface area (Å²) in [6.45, 7) is 4.17. The fourth-order valence-electron chi connectivity index (χ4n) is 2.20. The number of allylic oxidation sites excluding steroid dienone is 4. The maximum absolute atomic E-state index is 12.2. The van der Waals surface area contributed by atoms with Gasteiger partial charge in [0.1, 0.15) is 5.75 Å². The van der Waals surface area contributed by atoms with E-state index in [9.17, 15) is 4.79 Å². The second kappa shape index (κ2) is 5.21. The van der Waals surface area contributed by atoms with Crippen LogP contribution in [-0.2, 0) is 0 Å². The Labute approximate surface area is 108 Å². The molecule has 0 spiro atoms. The van der Waals surface area contributed by atoms with Gasteiger partial charge in [-0.2, -0.15) is 0 Å². The third-order valence-corrected chi connectivity index (χ3v) is 3.36. The molecule has 94 valence electrons. The van der Waals surface area contributed by atoms with E-state index in [0.717, 1.165) is 11.3 Å². The van der Waals surface area contributed by atoms with Gasteiger partial charge in [-0.1, -0.05) is 35.4 Å². The minimum Gasteiger partial charge on any atom is -0.497 e. The smallest absolute Gasteiger partial charge is 0.163 e. The molecule has 0 saturated carbocycles. The summed E-state index contributed by atoms with van der Waals surface area (Å²) in [4.78, 5) is 12.2. The number of Topliss-reactive ketones (excluding diaryl/α,β-unsaturated/α-hetero) is 1. The molecule has 0 aromatic heterocycles. The lowest BCUT2D eigenvalue weighted by Gasteiger charge is -2.06. The van der Waals surface area contributed by atoms with Crippen molar-refractivity contribution in [1.29, 1.82) is 0 Å². The van der Waals surface area contributed by atoms with Gasteiger partial charge in [-0.25, -0.2) is 0 Å². The van der Waals surface area contributed by atoms with E-state index < -0.39 is 0 Å². The minimum atomic E-state index is 0.161. The Morgan fingerprint density at radius 2 is 1.89 bits per heavy atom. The van der Waals surface area contributed by atoms with Gasteiger partial charge in [-0.15, -0.1) is 0 Å².